The summed E-state index contributed by atoms with van der Waals surface area (Å²) in [7, 11) is 0. The van der Waals surface area contributed by atoms with Gasteiger partial charge in [0, 0.05) is 5.69 Å². The standard InChI is InChI=1S/C12H17NO6/c14-6-8(15)9(16)10(17)11(18)12(19)13-7-4-2-1-3-5-7/h1-5,8-11,14-18H,6H2,(H,13,19)/t8-,9-,10-,11+/m1/s1. The fraction of sp³-hybridized carbons (Fsp3) is 0.417. The maximum absolute atomic E-state index is 11.6. The van der Waals surface area contributed by atoms with Gasteiger partial charge in [0.1, 0.15) is 18.3 Å². The van der Waals surface area contributed by atoms with Crippen molar-refractivity contribution in [2.45, 2.75) is 24.4 Å². The predicted octanol–water partition coefficient (Wildman–Crippen LogP) is -1.94. The topological polar surface area (TPSA) is 130 Å². The van der Waals surface area contributed by atoms with E-state index in [1.807, 2.05) is 0 Å². The normalized spacial score (nSPS) is 17.3. The number of carbonyl (C=O) groups excluding carboxylic acids is 1. The van der Waals surface area contributed by atoms with E-state index in [0.29, 0.717) is 5.69 Å². The van der Waals surface area contributed by atoms with Crippen molar-refractivity contribution in [3.8, 4) is 0 Å². The number of para-hydroxylation sites is 1. The molecule has 19 heavy (non-hydrogen) atoms. The van der Waals surface area contributed by atoms with Crippen molar-refractivity contribution in [1.29, 1.82) is 0 Å². The number of aliphatic hydroxyl groups is 5. The van der Waals surface area contributed by atoms with Crippen LogP contribution in [0.4, 0.5) is 5.69 Å². The first kappa shape index (κ1) is 15.5. The van der Waals surface area contributed by atoms with Crippen molar-refractivity contribution in [1.82, 2.24) is 0 Å². The molecular weight excluding hydrogens is 254 g/mol. The van der Waals surface area contributed by atoms with E-state index in [2.05, 4.69) is 5.32 Å². The summed E-state index contributed by atoms with van der Waals surface area (Å²) in [4.78, 5) is 11.6. The Balaban J connectivity index is 2.61. The molecule has 106 valence electrons. The van der Waals surface area contributed by atoms with Crippen LogP contribution < -0.4 is 5.32 Å². The quantitative estimate of drug-likeness (QED) is 0.357. The van der Waals surface area contributed by atoms with Gasteiger partial charge in [-0.15, -0.1) is 0 Å². The Bertz CT molecular complexity index is 398. The van der Waals surface area contributed by atoms with Gasteiger partial charge in [-0.25, -0.2) is 0 Å². The molecule has 1 aromatic carbocycles. The Kier molecular flexibility index (Phi) is 5.87. The van der Waals surface area contributed by atoms with Gasteiger partial charge in [-0.2, -0.15) is 0 Å². The lowest BCUT2D eigenvalue weighted by molar-refractivity contribution is -0.144. The molecule has 0 aliphatic heterocycles. The second-order valence-corrected chi connectivity index (χ2v) is 4.03. The zero-order valence-corrected chi connectivity index (χ0v) is 10.0. The summed E-state index contributed by atoms with van der Waals surface area (Å²) in [5.74, 6) is -0.928. The van der Waals surface area contributed by atoms with Crippen LogP contribution in [0.2, 0.25) is 0 Å². The van der Waals surface area contributed by atoms with Gasteiger partial charge in [-0.05, 0) is 12.1 Å². The number of carbonyl (C=O) groups is 1. The van der Waals surface area contributed by atoms with E-state index < -0.39 is 36.9 Å². The largest absolute Gasteiger partial charge is 0.394 e. The predicted molar refractivity (Wildman–Crippen MR) is 66.2 cm³/mol. The number of anilines is 1. The molecule has 0 bridgehead atoms. The SMILES string of the molecule is O=C(Nc1ccccc1)[C@@H](O)[C@H](O)[C@H](O)[C@H](O)CO. The van der Waals surface area contributed by atoms with Crippen molar-refractivity contribution >= 4 is 11.6 Å². The van der Waals surface area contributed by atoms with Crippen LogP contribution in [-0.4, -0.2) is 62.5 Å². The minimum atomic E-state index is -1.93. The average Bonchev–Trinajstić information content (AvgIpc) is 2.44. The van der Waals surface area contributed by atoms with E-state index in [-0.39, 0.29) is 0 Å². The lowest BCUT2D eigenvalue weighted by Crippen LogP contribution is -2.50. The molecule has 0 spiro atoms. The summed E-state index contributed by atoms with van der Waals surface area (Å²) in [6, 6.07) is 8.24. The molecule has 0 aliphatic carbocycles. The summed E-state index contributed by atoms with van der Waals surface area (Å²) in [5.41, 5.74) is 0.413. The zero-order chi connectivity index (χ0) is 14.4. The Morgan fingerprint density at radius 1 is 1.05 bits per heavy atom. The molecule has 4 atom stereocenters. The van der Waals surface area contributed by atoms with Gasteiger partial charge >= 0.3 is 0 Å². The Morgan fingerprint density at radius 3 is 2.16 bits per heavy atom. The Labute approximate surface area is 109 Å². The van der Waals surface area contributed by atoms with Gasteiger partial charge in [0.2, 0.25) is 0 Å². The van der Waals surface area contributed by atoms with Gasteiger partial charge < -0.3 is 30.8 Å². The highest BCUT2D eigenvalue weighted by molar-refractivity contribution is 5.94. The molecule has 1 aromatic rings. The molecule has 6 N–H and O–H groups in total. The Morgan fingerprint density at radius 2 is 1.63 bits per heavy atom. The van der Waals surface area contributed by atoms with Crippen LogP contribution in [-0.2, 0) is 4.79 Å². The number of aliphatic hydroxyl groups excluding tert-OH is 5. The monoisotopic (exact) mass is 271 g/mol. The maximum atomic E-state index is 11.6. The lowest BCUT2D eigenvalue weighted by atomic mass is 10.0. The third-order valence-corrected chi connectivity index (χ3v) is 2.56. The number of rotatable bonds is 6. The molecule has 0 aromatic heterocycles. The van der Waals surface area contributed by atoms with E-state index in [1.54, 1.807) is 30.3 Å². The van der Waals surface area contributed by atoms with Crippen LogP contribution in [0.1, 0.15) is 0 Å². The highest BCUT2D eigenvalue weighted by atomic mass is 16.4. The molecule has 0 radical (unpaired) electrons. The van der Waals surface area contributed by atoms with Gasteiger partial charge in [0.25, 0.3) is 5.91 Å². The van der Waals surface area contributed by atoms with Gasteiger partial charge in [0.05, 0.1) is 6.61 Å². The van der Waals surface area contributed by atoms with Crippen molar-refractivity contribution in [3.05, 3.63) is 30.3 Å². The van der Waals surface area contributed by atoms with E-state index >= 15 is 0 Å². The summed E-state index contributed by atoms with van der Waals surface area (Å²) < 4.78 is 0. The zero-order valence-electron chi connectivity index (χ0n) is 10.0. The Hall–Kier alpha value is -1.51. The van der Waals surface area contributed by atoms with E-state index in [9.17, 15) is 20.1 Å². The van der Waals surface area contributed by atoms with Crippen LogP contribution in [0.5, 0.6) is 0 Å². The molecule has 0 aliphatic rings. The smallest absolute Gasteiger partial charge is 0.256 e. The van der Waals surface area contributed by atoms with E-state index in [0.717, 1.165) is 0 Å². The molecule has 0 unspecified atom stereocenters. The number of hydrogen-bond acceptors (Lipinski definition) is 6. The van der Waals surface area contributed by atoms with Crippen molar-refractivity contribution in [3.63, 3.8) is 0 Å². The fourth-order valence-corrected chi connectivity index (χ4v) is 1.42. The molecular formula is C12H17NO6. The minimum absolute atomic E-state index is 0.413. The average molecular weight is 271 g/mol. The summed E-state index contributed by atoms with van der Waals surface area (Å²) in [6.45, 7) is -0.800. The molecule has 0 saturated carbocycles. The fourth-order valence-electron chi connectivity index (χ4n) is 1.42. The van der Waals surface area contributed by atoms with Crippen molar-refractivity contribution < 1.29 is 30.3 Å². The molecule has 7 heteroatoms. The highest BCUT2D eigenvalue weighted by Gasteiger charge is 2.34. The van der Waals surface area contributed by atoms with Crippen LogP contribution >= 0.6 is 0 Å². The summed E-state index contributed by atoms with van der Waals surface area (Å²) >= 11 is 0. The van der Waals surface area contributed by atoms with Crippen LogP contribution in [0.15, 0.2) is 30.3 Å². The van der Waals surface area contributed by atoms with Crippen LogP contribution in [0, 0.1) is 0 Å². The van der Waals surface area contributed by atoms with Gasteiger partial charge in [-0.1, -0.05) is 18.2 Å². The minimum Gasteiger partial charge on any atom is -0.394 e. The first-order valence-corrected chi connectivity index (χ1v) is 5.66. The molecule has 0 heterocycles. The van der Waals surface area contributed by atoms with Crippen LogP contribution in [0.25, 0.3) is 0 Å². The molecule has 1 rings (SSSR count). The third kappa shape index (κ3) is 4.27. The molecule has 0 saturated heterocycles. The lowest BCUT2D eigenvalue weighted by Gasteiger charge is -2.24. The number of benzene rings is 1. The highest BCUT2D eigenvalue weighted by Crippen LogP contribution is 2.09. The second-order valence-electron chi connectivity index (χ2n) is 4.03. The first-order chi connectivity index (χ1) is 8.97. The first-order valence-electron chi connectivity index (χ1n) is 5.66. The number of nitrogens with one attached hydrogen (secondary N) is 1. The number of amides is 1. The molecule has 1 amide bonds. The second kappa shape index (κ2) is 7.17. The molecule has 0 fully saturated rings. The van der Waals surface area contributed by atoms with Gasteiger partial charge in [-0.3, -0.25) is 4.79 Å². The van der Waals surface area contributed by atoms with Gasteiger partial charge in [0.15, 0.2) is 6.10 Å². The van der Waals surface area contributed by atoms with Crippen molar-refractivity contribution in [2.75, 3.05) is 11.9 Å². The summed E-state index contributed by atoms with van der Waals surface area (Å²) in [5, 5.41) is 48.5. The summed E-state index contributed by atoms with van der Waals surface area (Å²) in [6.07, 6.45) is -7.32. The third-order valence-electron chi connectivity index (χ3n) is 2.56. The van der Waals surface area contributed by atoms with E-state index in [4.69, 9.17) is 10.2 Å². The maximum Gasteiger partial charge on any atom is 0.256 e. The van der Waals surface area contributed by atoms with E-state index in [1.165, 1.54) is 0 Å². The van der Waals surface area contributed by atoms with Crippen molar-refractivity contribution in [2.24, 2.45) is 0 Å². The van der Waals surface area contributed by atoms with Crippen LogP contribution in [0.3, 0.4) is 0 Å². The number of hydrogen-bond donors (Lipinski definition) is 6. The molecule has 7 nitrogen and oxygen atoms in total.